The van der Waals surface area contributed by atoms with E-state index in [1.807, 2.05) is 0 Å². The second kappa shape index (κ2) is 9.45. The molecule has 2 aromatic rings. The molecule has 1 N–H and O–H groups in total. The van der Waals surface area contributed by atoms with Crippen molar-refractivity contribution in [3.8, 4) is 0 Å². The van der Waals surface area contributed by atoms with E-state index >= 15 is 0 Å². The zero-order valence-electron chi connectivity index (χ0n) is 18.2. The first kappa shape index (κ1) is 20.6. The molecule has 1 amide bonds. The molecule has 0 bridgehead atoms. The third-order valence-corrected chi connectivity index (χ3v) is 6.52. The minimum atomic E-state index is 0.0780. The predicted molar refractivity (Wildman–Crippen MR) is 121 cm³/mol. The summed E-state index contributed by atoms with van der Waals surface area (Å²) in [7, 11) is 0. The summed E-state index contributed by atoms with van der Waals surface area (Å²) in [6, 6.07) is 12.5. The zero-order valence-corrected chi connectivity index (χ0v) is 18.2. The Morgan fingerprint density at radius 1 is 0.900 bits per heavy atom. The number of rotatable bonds is 5. The van der Waals surface area contributed by atoms with Crippen LogP contribution in [0.4, 0.5) is 11.6 Å². The number of piperidine rings is 2. The van der Waals surface area contributed by atoms with Crippen LogP contribution in [0.15, 0.2) is 36.4 Å². The highest BCUT2D eigenvalue weighted by atomic mass is 16.1. The molecule has 30 heavy (non-hydrogen) atoms. The van der Waals surface area contributed by atoms with Crippen molar-refractivity contribution in [1.29, 1.82) is 0 Å². The van der Waals surface area contributed by atoms with Crippen LogP contribution >= 0.6 is 0 Å². The lowest BCUT2D eigenvalue weighted by Gasteiger charge is -2.33. The largest absolute Gasteiger partial charge is 0.355 e. The van der Waals surface area contributed by atoms with Gasteiger partial charge in [-0.3, -0.25) is 4.79 Å². The number of amides is 1. The molecule has 1 aromatic heterocycles. The van der Waals surface area contributed by atoms with Crippen molar-refractivity contribution in [1.82, 2.24) is 15.5 Å². The number of anilines is 2. The van der Waals surface area contributed by atoms with Crippen LogP contribution in [0.1, 0.15) is 43.7 Å². The Morgan fingerprint density at radius 3 is 1.97 bits per heavy atom. The van der Waals surface area contributed by atoms with Crippen molar-refractivity contribution in [3.63, 3.8) is 0 Å². The summed E-state index contributed by atoms with van der Waals surface area (Å²) >= 11 is 0. The van der Waals surface area contributed by atoms with Gasteiger partial charge in [-0.05, 0) is 56.2 Å². The quantitative estimate of drug-likeness (QED) is 0.821. The van der Waals surface area contributed by atoms with Gasteiger partial charge < -0.3 is 15.1 Å². The molecule has 2 fully saturated rings. The molecule has 2 saturated heterocycles. The summed E-state index contributed by atoms with van der Waals surface area (Å²) in [5, 5.41) is 12.1. The van der Waals surface area contributed by atoms with Crippen molar-refractivity contribution in [2.45, 2.75) is 46.1 Å². The minimum Gasteiger partial charge on any atom is -0.355 e. The van der Waals surface area contributed by atoms with Crippen molar-refractivity contribution in [2.75, 3.05) is 36.0 Å². The molecule has 0 atom stereocenters. The predicted octanol–water partition coefficient (Wildman–Crippen LogP) is 3.55. The first-order chi connectivity index (χ1) is 14.6. The number of nitrogens with zero attached hydrogens (tertiary/aromatic N) is 4. The van der Waals surface area contributed by atoms with Gasteiger partial charge in [0.1, 0.15) is 0 Å². The van der Waals surface area contributed by atoms with E-state index in [1.165, 1.54) is 18.4 Å². The number of carbonyl (C=O) groups is 1. The number of hydrogen-bond acceptors (Lipinski definition) is 5. The van der Waals surface area contributed by atoms with Crippen molar-refractivity contribution < 1.29 is 4.79 Å². The summed E-state index contributed by atoms with van der Waals surface area (Å²) in [6.07, 6.45) is 4.16. The lowest BCUT2D eigenvalue weighted by Crippen LogP contribution is -2.40. The van der Waals surface area contributed by atoms with Gasteiger partial charge in [-0.25, -0.2) is 0 Å². The highest BCUT2D eigenvalue weighted by Crippen LogP contribution is 2.25. The van der Waals surface area contributed by atoms with E-state index in [1.54, 1.807) is 0 Å². The smallest absolute Gasteiger partial charge is 0.223 e. The van der Waals surface area contributed by atoms with Crippen LogP contribution in [0.2, 0.25) is 0 Å². The van der Waals surface area contributed by atoms with Crippen LogP contribution in [0.5, 0.6) is 0 Å². The Balaban J connectivity index is 1.24. The van der Waals surface area contributed by atoms with Gasteiger partial charge in [0, 0.05) is 38.6 Å². The Labute approximate surface area is 179 Å². The Hall–Kier alpha value is -2.63. The molecule has 0 spiro atoms. The maximum Gasteiger partial charge on any atom is 0.223 e. The second-order valence-electron chi connectivity index (χ2n) is 8.88. The van der Waals surface area contributed by atoms with E-state index in [4.69, 9.17) is 0 Å². The summed E-state index contributed by atoms with van der Waals surface area (Å²) in [5.41, 5.74) is 2.38. The monoisotopic (exact) mass is 407 g/mol. The maximum absolute atomic E-state index is 12.6. The molecule has 2 aliphatic rings. The molecule has 0 radical (unpaired) electrons. The topological polar surface area (TPSA) is 61.4 Å². The van der Waals surface area contributed by atoms with Gasteiger partial charge in [0.2, 0.25) is 5.91 Å². The summed E-state index contributed by atoms with van der Waals surface area (Å²) in [5.74, 6) is 2.95. The highest BCUT2D eigenvalue weighted by Gasteiger charge is 2.26. The Bertz CT molecular complexity index is 820. The number of benzene rings is 1. The van der Waals surface area contributed by atoms with E-state index in [9.17, 15) is 4.79 Å². The fourth-order valence-electron chi connectivity index (χ4n) is 4.30. The third kappa shape index (κ3) is 5.10. The lowest BCUT2D eigenvalue weighted by molar-refractivity contribution is -0.125. The van der Waals surface area contributed by atoms with Crippen LogP contribution in [0.3, 0.4) is 0 Å². The molecule has 0 saturated carbocycles. The molecule has 6 heteroatoms. The number of carbonyl (C=O) groups excluding carboxylic acids is 1. The number of aromatic nitrogens is 2. The minimum absolute atomic E-state index is 0.0780. The molecule has 0 aliphatic carbocycles. The summed E-state index contributed by atoms with van der Waals surface area (Å²) in [4.78, 5) is 17.1. The van der Waals surface area contributed by atoms with Gasteiger partial charge in [-0.2, -0.15) is 0 Å². The van der Waals surface area contributed by atoms with E-state index in [0.717, 1.165) is 62.1 Å². The van der Waals surface area contributed by atoms with Gasteiger partial charge in [0.05, 0.1) is 0 Å². The SMILES string of the molecule is Cc1ccc(CNC(=O)C2CCN(c3ccc(N4CCC(C)CC4)nn3)CC2)cc1. The Kier molecular flexibility index (Phi) is 6.50. The van der Waals surface area contributed by atoms with Gasteiger partial charge in [-0.1, -0.05) is 36.8 Å². The van der Waals surface area contributed by atoms with E-state index < -0.39 is 0 Å². The average Bonchev–Trinajstić information content (AvgIpc) is 2.79. The van der Waals surface area contributed by atoms with Crippen molar-refractivity contribution in [2.24, 2.45) is 11.8 Å². The van der Waals surface area contributed by atoms with Crippen LogP contribution in [-0.2, 0) is 11.3 Å². The molecule has 160 valence electrons. The van der Waals surface area contributed by atoms with E-state index in [0.29, 0.717) is 6.54 Å². The molecule has 2 aliphatic heterocycles. The first-order valence-electron chi connectivity index (χ1n) is 11.3. The molecular weight excluding hydrogens is 374 g/mol. The molecule has 3 heterocycles. The zero-order chi connectivity index (χ0) is 20.9. The Morgan fingerprint density at radius 2 is 1.43 bits per heavy atom. The fourth-order valence-corrected chi connectivity index (χ4v) is 4.30. The van der Waals surface area contributed by atoms with E-state index in [-0.39, 0.29) is 11.8 Å². The molecule has 6 nitrogen and oxygen atoms in total. The molecule has 0 unspecified atom stereocenters. The van der Waals surface area contributed by atoms with Gasteiger partial charge in [-0.15, -0.1) is 10.2 Å². The molecule has 1 aromatic carbocycles. The third-order valence-electron chi connectivity index (χ3n) is 6.52. The van der Waals surface area contributed by atoms with Crippen LogP contribution in [0.25, 0.3) is 0 Å². The fraction of sp³-hybridized carbons (Fsp3) is 0.542. The molecular formula is C24H33N5O. The second-order valence-corrected chi connectivity index (χ2v) is 8.88. The van der Waals surface area contributed by atoms with Gasteiger partial charge >= 0.3 is 0 Å². The average molecular weight is 408 g/mol. The summed E-state index contributed by atoms with van der Waals surface area (Å²) < 4.78 is 0. The van der Waals surface area contributed by atoms with Crippen LogP contribution in [-0.4, -0.2) is 42.3 Å². The van der Waals surface area contributed by atoms with Crippen LogP contribution in [0, 0.1) is 18.8 Å². The van der Waals surface area contributed by atoms with E-state index in [2.05, 4.69) is 75.6 Å². The van der Waals surface area contributed by atoms with Crippen LogP contribution < -0.4 is 15.1 Å². The lowest BCUT2D eigenvalue weighted by atomic mass is 9.96. The summed E-state index contributed by atoms with van der Waals surface area (Å²) in [6.45, 7) is 8.81. The molecule has 4 rings (SSSR count). The van der Waals surface area contributed by atoms with Gasteiger partial charge in [0.25, 0.3) is 0 Å². The number of nitrogens with one attached hydrogen (secondary N) is 1. The first-order valence-corrected chi connectivity index (χ1v) is 11.3. The highest BCUT2D eigenvalue weighted by molar-refractivity contribution is 5.79. The number of hydrogen-bond donors (Lipinski definition) is 1. The maximum atomic E-state index is 12.6. The van der Waals surface area contributed by atoms with Crippen molar-refractivity contribution in [3.05, 3.63) is 47.5 Å². The number of aryl methyl sites for hydroxylation is 1. The van der Waals surface area contributed by atoms with Crippen molar-refractivity contribution >= 4 is 17.5 Å². The van der Waals surface area contributed by atoms with Gasteiger partial charge in [0.15, 0.2) is 11.6 Å². The normalized spacial score (nSPS) is 18.5. The standard InChI is InChI=1S/C24H33N5O/c1-18-3-5-20(6-4-18)17-25-24(30)21-11-15-29(16-12-21)23-8-7-22(26-27-23)28-13-9-19(2)10-14-28/h3-8,19,21H,9-17H2,1-2H3,(H,25,30).